The molecule has 4 rings (SSSR count). The summed E-state index contributed by atoms with van der Waals surface area (Å²) in [7, 11) is 1.89. The quantitative estimate of drug-likeness (QED) is 0.555. The van der Waals surface area contributed by atoms with E-state index >= 15 is 0 Å². The van der Waals surface area contributed by atoms with Crippen molar-refractivity contribution in [2.75, 3.05) is 13.1 Å². The van der Waals surface area contributed by atoms with Gasteiger partial charge in [0, 0.05) is 25.5 Å². The number of halogens is 1. The van der Waals surface area contributed by atoms with Gasteiger partial charge in [0.15, 0.2) is 11.6 Å². The van der Waals surface area contributed by atoms with Crippen LogP contribution in [0.25, 0.3) is 16.5 Å². The van der Waals surface area contributed by atoms with Crippen molar-refractivity contribution in [1.82, 2.24) is 14.7 Å². The van der Waals surface area contributed by atoms with Gasteiger partial charge < -0.3 is 14.4 Å². The van der Waals surface area contributed by atoms with Gasteiger partial charge in [-0.05, 0) is 68.2 Å². The van der Waals surface area contributed by atoms with Crippen LogP contribution in [0.2, 0.25) is 0 Å². The van der Waals surface area contributed by atoms with E-state index in [1.54, 1.807) is 23.2 Å². The van der Waals surface area contributed by atoms with Crippen molar-refractivity contribution in [3.63, 3.8) is 0 Å². The first-order valence-electron chi connectivity index (χ1n) is 10.7. The highest BCUT2D eigenvalue weighted by atomic mass is 19.1. The van der Waals surface area contributed by atoms with Crippen LogP contribution in [0.15, 0.2) is 48.7 Å². The lowest BCUT2D eigenvalue weighted by Crippen LogP contribution is -2.39. The van der Waals surface area contributed by atoms with Crippen LogP contribution < -0.4 is 4.74 Å². The zero-order valence-corrected chi connectivity index (χ0v) is 18.9. The Kier molecular flexibility index (Phi) is 5.91. The zero-order valence-electron chi connectivity index (χ0n) is 18.9. The van der Waals surface area contributed by atoms with E-state index in [9.17, 15) is 9.18 Å². The Balaban J connectivity index is 1.43. The monoisotopic (exact) mass is 437 g/mol. The molecule has 1 aliphatic rings. The normalized spacial score (nSPS) is 14.4. The number of aromatic nitrogens is 2. The number of carbonyl (C=O) groups excluding carboxylic acids is 1. The zero-order chi connectivity index (χ0) is 22.9. The maximum atomic E-state index is 14.4. The molecule has 7 heteroatoms. The molecule has 0 bridgehead atoms. The summed E-state index contributed by atoms with van der Waals surface area (Å²) in [6.07, 6.45) is 4.14. The van der Waals surface area contributed by atoms with E-state index in [0.29, 0.717) is 19.5 Å². The average Bonchev–Trinajstić information content (AvgIpc) is 3.12. The molecule has 1 aliphatic heterocycles. The van der Waals surface area contributed by atoms with Gasteiger partial charge in [0.25, 0.3) is 0 Å². The fourth-order valence-electron chi connectivity index (χ4n) is 3.70. The van der Waals surface area contributed by atoms with Gasteiger partial charge in [-0.25, -0.2) is 9.18 Å². The minimum Gasteiger partial charge on any atom is -0.486 e. The van der Waals surface area contributed by atoms with Gasteiger partial charge in [-0.3, -0.25) is 4.68 Å². The Morgan fingerprint density at radius 1 is 1.19 bits per heavy atom. The van der Waals surface area contributed by atoms with Gasteiger partial charge >= 0.3 is 6.09 Å². The third-order valence-electron chi connectivity index (χ3n) is 5.37. The smallest absolute Gasteiger partial charge is 0.410 e. The molecule has 0 saturated carbocycles. The van der Waals surface area contributed by atoms with Crippen LogP contribution >= 0.6 is 0 Å². The lowest BCUT2D eigenvalue weighted by molar-refractivity contribution is 0.0270. The van der Waals surface area contributed by atoms with E-state index in [-0.39, 0.29) is 18.4 Å². The third-order valence-corrected chi connectivity index (χ3v) is 5.37. The molecule has 0 fully saturated rings. The van der Waals surface area contributed by atoms with Crippen molar-refractivity contribution < 1.29 is 18.7 Å². The summed E-state index contributed by atoms with van der Waals surface area (Å²) in [6.45, 7) is 6.83. The van der Waals surface area contributed by atoms with Crippen LogP contribution in [0.1, 0.15) is 38.3 Å². The molecule has 1 aromatic heterocycles. The number of fused-ring (bicyclic) bond motifs is 1. The van der Waals surface area contributed by atoms with Crippen LogP contribution in [0.3, 0.4) is 0 Å². The third kappa shape index (κ3) is 4.93. The van der Waals surface area contributed by atoms with Gasteiger partial charge in [-0.15, -0.1) is 0 Å². The summed E-state index contributed by atoms with van der Waals surface area (Å²) >= 11 is 0. The number of rotatable bonds is 4. The predicted molar refractivity (Wildman–Crippen MR) is 122 cm³/mol. The maximum Gasteiger partial charge on any atom is 0.410 e. The van der Waals surface area contributed by atoms with E-state index in [1.807, 2.05) is 56.8 Å². The van der Waals surface area contributed by atoms with E-state index < -0.39 is 11.4 Å². The van der Waals surface area contributed by atoms with Gasteiger partial charge in [-0.2, -0.15) is 5.10 Å². The Bertz CT molecular complexity index is 1180. The van der Waals surface area contributed by atoms with Crippen LogP contribution in [0.4, 0.5) is 9.18 Å². The number of ether oxygens (including phenoxy) is 2. The van der Waals surface area contributed by atoms with Crippen molar-refractivity contribution in [3.8, 4) is 5.75 Å². The Morgan fingerprint density at radius 2 is 2.00 bits per heavy atom. The standard InChI is InChI=1S/C25H28FN3O3/c1-25(2,3)32-24(30)29-11-9-18(10-12-29)19-6-7-21(26)23(14-19)31-16-17-5-8-22-20(13-17)15-27-28(22)4/h5-9,13-15H,10-12,16H2,1-4H3. The number of aryl methyl sites for hydroxylation is 1. The number of benzene rings is 2. The largest absolute Gasteiger partial charge is 0.486 e. The first-order chi connectivity index (χ1) is 15.2. The number of hydrogen-bond acceptors (Lipinski definition) is 4. The minimum absolute atomic E-state index is 0.212. The number of carbonyl (C=O) groups is 1. The minimum atomic E-state index is -0.522. The van der Waals surface area contributed by atoms with Crippen LogP contribution in [-0.2, 0) is 18.4 Å². The summed E-state index contributed by atoms with van der Waals surface area (Å²) in [5, 5.41) is 5.26. The molecule has 0 aliphatic carbocycles. The number of amides is 1. The molecule has 32 heavy (non-hydrogen) atoms. The highest BCUT2D eigenvalue weighted by Crippen LogP contribution is 2.29. The first kappa shape index (κ1) is 21.9. The second-order valence-electron chi connectivity index (χ2n) is 9.00. The van der Waals surface area contributed by atoms with Gasteiger partial charge in [-0.1, -0.05) is 18.2 Å². The first-order valence-corrected chi connectivity index (χ1v) is 10.7. The lowest BCUT2D eigenvalue weighted by atomic mass is 9.99. The summed E-state index contributed by atoms with van der Waals surface area (Å²) < 4.78 is 27.5. The second kappa shape index (κ2) is 8.65. The molecule has 2 heterocycles. The molecule has 0 N–H and O–H groups in total. The molecule has 0 saturated heterocycles. The van der Waals surface area contributed by atoms with E-state index in [4.69, 9.17) is 9.47 Å². The van der Waals surface area contributed by atoms with Crippen LogP contribution in [-0.4, -0.2) is 39.5 Å². The fourth-order valence-corrected chi connectivity index (χ4v) is 3.70. The molecular formula is C25H28FN3O3. The van der Waals surface area contributed by atoms with Gasteiger partial charge in [0.1, 0.15) is 12.2 Å². The molecule has 168 valence electrons. The second-order valence-corrected chi connectivity index (χ2v) is 9.00. The molecule has 1 amide bonds. The van der Waals surface area contributed by atoms with Crippen LogP contribution in [0, 0.1) is 5.82 Å². The molecule has 3 aromatic rings. The summed E-state index contributed by atoms with van der Waals surface area (Å²) in [4.78, 5) is 13.9. The molecule has 0 unspecified atom stereocenters. The molecule has 0 atom stereocenters. The molecule has 6 nitrogen and oxygen atoms in total. The Morgan fingerprint density at radius 3 is 2.72 bits per heavy atom. The Hall–Kier alpha value is -3.35. The highest BCUT2D eigenvalue weighted by molar-refractivity contribution is 5.79. The van der Waals surface area contributed by atoms with Crippen molar-refractivity contribution in [3.05, 3.63) is 65.6 Å². The van der Waals surface area contributed by atoms with Crippen molar-refractivity contribution in [2.45, 2.75) is 39.4 Å². The SMILES string of the molecule is Cn1ncc2cc(COc3cc(C4=CCN(C(=O)OC(C)(C)C)CC4)ccc3F)ccc21. The van der Waals surface area contributed by atoms with Crippen molar-refractivity contribution in [2.24, 2.45) is 7.05 Å². The maximum absolute atomic E-state index is 14.4. The summed E-state index contributed by atoms with van der Waals surface area (Å²) in [6, 6.07) is 10.8. The van der Waals surface area contributed by atoms with E-state index in [2.05, 4.69) is 5.10 Å². The summed E-state index contributed by atoms with van der Waals surface area (Å²) in [5.41, 5.74) is 3.41. The fraction of sp³-hybridized carbons (Fsp3) is 0.360. The number of nitrogens with zero attached hydrogens (tertiary/aromatic N) is 3. The molecule has 0 radical (unpaired) electrons. The topological polar surface area (TPSA) is 56.6 Å². The van der Waals surface area contributed by atoms with E-state index in [1.165, 1.54) is 6.07 Å². The van der Waals surface area contributed by atoms with E-state index in [0.717, 1.165) is 27.6 Å². The lowest BCUT2D eigenvalue weighted by Gasteiger charge is -2.29. The molecule has 0 spiro atoms. The van der Waals surface area contributed by atoms with Crippen LogP contribution in [0.5, 0.6) is 5.75 Å². The Labute approximate surface area is 187 Å². The highest BCUT2D eigenvalue weighted by Gasteiger charge is 2.24. The predicted octanol–water partition coefficient (Wildman–Crippen LogP) is 5.32. The number of hydrogen-bond donors (Lipinski definition) is 0. The molecule has 2 aromatic carbocycles. The summed E-state index contributed by atoms with van der Waals surface area (Å²) in [5.74, 6) is -0.188. The van der Waals surface area contributed by atoms with Gasteiger partial charge in [0.05, 0.1) is 11.7 Å². The van der Waals surface area contributed by atoms with Crippen molar-refractivity contribution >= 4 is 22.6 Å². The average molecular weight is 438 g/mol. The van der Waals surface area contributed by atoms with Gasteiger partial charge in [0.2, 0.25) is 0 Å². The van der Waals surface area contributed by atoms with Crippen molar-refractivity contribution in [1.29, 1.82) is 0 Å². The molecular weight excluding hydrogens is 409 g/mol.